The van der Waals surface area contributed by atoms with Gasteiger partial charge in [-0.15, -0.1) is 11.6 Å². The van der Waals surface area contributed by atoms with Crippen LogP contribution in [0, 0.1) is 5.92 Å². The van der Waals surface area contributed by atoms with Crippen LogP contribution in [0.1, 0.15) is 72.1 Å². The quantitative estimate of drug-likeness (QED) is 0.243. The first-order valence-electron chi connectivity index (χ1n) is 7.96. The second kappa shape index (κ2) is 14.6. The first-order chi connectivity index (χ1) is 9.16. The van der Waals surface area contributed by atoms with E-state index in [4.69, 9.17) is 21.1 Å². The third-order valence-electron chi connectivity index (χ3n) is 3.27. The molecule has 0 aromatic carbocycles. The Morgan fingerprint density at radius 3 is 2.16 bits per heavy atom. The van der Waals surface area contributed by atoms with Crippen LogP contribution >= 0.6 is 11.6 Å². The van der Waals surface area contributed by atoms with Gasteiger partial charge in [-0.3, -0.25) is 0 Å². The first kappa shape index (κ1) is 19.2. The van der Waals surface area contributed by atoms with Gasteiger partial charge in [0.1, 0.15) is 6.79 Å². The Morgan fingerprint density at radius 1 is 0.895 bits per heavy atom. The normalized spacial score (nSPS) is 14.5. The maximum absolute atomic E-state index is 5.96. The van der Waals surface area contributed by atoms with Crippen molar-refractivity contribution in [1.29, 1.82) is 0 Å². The largest absolute Gasteiger partial charge is 0.355 e. The molecule has 0 aliphatic heterocycles. The van der Waals surface area contributed by atoms with E-state index >= 15 is 0 Å². The lowest BCUT2D eigenvalue weighted by Gasteiger charge is -2.12. The highest BCUT2D eigenvalue weighted by Crippen LogP contribution is 2.15. The van der Waals surface area contributed by atoms with Crippen LogP contribution in [-0.4, -0.2) is 25.4 Å². The fourth-order valence-corrected chi connectivity index (χ4v) is 2.49. The zero-order valence-corrected chi connectivity index (χ0v) is 13.9. The van der Waals surface area contributed by atoms with Crippen LogP contribution in [0.3, 0.4) is 0 Å². The summed E-state index contributed by atoms with van der Waals surface area (Å²) in [6.07, 6.45) is 9.79. The number of rotatable bonds is 14. The zero-order chi connectivity index (χ0) is 14.3. The Morgan fingerprint density at radius 2 is 1.53 bits per heavy atom. The predicted molar refractivity (Wildman–Crippen MR) is 83.9 cm³/mol. The molecule has 0 fully saturated rings. The van der Waals surface area contributed by atoms with Crippen LogP contribution in [0.15, 0.2) is 0 Å². The fraction of sp³-hybridized carbons (Fsp3) is 1.00. The summed E-state index contributed by atoms with van der Waals surface area (Å²) < 4.78 is 10.9. The van der Waals surface area contributed by atoms with Crippen molar-refractivity contribution >= 4 is 11.6 Å². The summed E-state index contributed by atoms with van der Waals surface area (Å²) in [6, 6.07) is 0. The molecule has 0 aromatic heterocycles. The van der Waals surface area contributed by atoms with E-state index in [2.05, 4.69) is 20.8 Å². The molecule has 2 nitrogen and oxygen atoms in total. The van der Waals surface area contributed by atoms with Crippen molar-refractivity contribution in [2.45, 2.75) is 77.5 Å². The molecule has 0 saturated carbocycles. The van der Waals surface area contributed by atoms with Crippen molar-refractivity contribution in [1.82, 2.24) is 0 Å². The Hall–Kier alpha value is 0.210. The molecular weight excluding hydrogens is 260 g/mol. The summed E-state index contributed by atoms with van der Waals surface area (Å²) in [5.74, 6) is 0.690. The molecule has 2 atom stereocenters. The number of hydrogen-bond acceptors (Lipinski definition) is 2. The van der Waals surface area contributed by atoms with Gasteiger partial charge in [-0.2, -0.15) is 0 Å². The summed E-state index contributed by atoms with van der Waals surface area (Å²) in [4.78, 5) is 0. The zero-order valence-electron chi connectivity index (χ0n) is 13.1. The molecule has 0 aliphatic carbocycles. The standard InChI is InChI=1S/C16H33ClO2/c1-4-5-6-7-8-11-18-14-19-12-9-10-15(2)13-16(3)17/h15-16H,4-14H2,1-3H3. The van der Waals surface area contributed by atoms with Gasteiger partial charge < -0.3 is 9.47 Å². The maximum Gasteiger partial charge on any atom is 0.146 e. The van der Waals surface area contributed by atoms with Crippen molar-refractivity contribution < 1.29 is 9.47 Å². The van der Waals surface area contributed by atoms with Crippen LogP contribution in [0.5, 0.6) is 0 Å². The van der Waals surface area contributed by atoms with Gasteiger partial charge >= 0.3 is 0 Å². The minimum absolute atomic E-state index is 0.284. The summed E-state index contributed by atoms with van der Waals surface area (Å²) in [6.45, 7) is 8.64. The maximum atomic E-state index is 5.96. The van der Waals surface area contributed by atoms with Gasteiger partial charge in [-0.05, 0) is 38.5 Å². The Labute approximate surface area is 125 Å². The summed E-state index contributed by atoms with van der Waals surface area (Å²) in [5.41, 5.74) is 0. The van der Waals surface area contributed by atoms with Crippen LogP contribution in [0.4, 0.5) is 0 Å². The third kappa shape index (κ3) is 16.2. The van der Waals surface area contributed by atoms with E-state index < -0.39 is 0 Å². The molecule has 0 heterocycles. The fourth-order valence-electron chi connectivity index (χ4n) is 2.19. The van der Waals surface area contributed by atoms with Crippen molar-refractivity contribution in [3.63, 3.8) is 0 Å². The van der Waals surface area contributed by atoms with Gasteiger partial charge in [-0.25, -0.2) is 0 Å². The first-order valence-corrected chi connectivity index (χ1v) is 8.40. The average Bonchev–Trinajstić information content (AvgIpc) is 2.35. The molecule has 0 bridgehead atoms. The molecule has 0 radical (unpaired) electrons. The number of ether oxygens (including phenoxy) is 2. The topological polar surface area (TPSA) is 18.5 Å². The number of alkyl halides is 1. The summed E-state index contributed by atoms with van der Waals surface area (Å²) in [5, 5.41) is 0.284. The van der Waals surface area contributed by atoms with E-state index in [-0.39, 0.29) is 5.38 Å². The minimum atomic E-state index is 0.284. The molecule has 0 saturated heterocycles. The van der Waals surface area contributed by atoms with Gasteiger partial charge in [-0.1, -0.05) is 39.5 Å². The van der Waals surface area contributed by atoms with E-state index in [1.807, 2.05) is 0 Å². The van der Waals surface area contributed by atoms with Gasteiger partial charge in [0.2, 0.25) is 0 Å². The minimum Gasteiger partial charge on any atom is -0.355 e. The molecule has 0 N–H and O–H groups in total. The molecular formula is C16H33ClO2. The lowest BCUT2D eigenvalue weighted by atomic mass is 10.0. The highest BCUT2D eigenvalue weighted by molar-refractivity contribution is 6.20. The van der Waals surface area contributed by atoms with Crippen LogP contribution in [0.2, 0.25) is 0 Å². The third-order valence-corrected chi connectivity index (χ3v) is 3.45. The smallest absolute Gasteiger partial charge is 0.146 e. The monoisotopic (exact) mass is 292 g/mol. The van der Waals surface area contributed by atoms with Gasteiger partial charge in [0.25, 0.3) is 0 Å². The van der Waals surface area contributed by atoms with E-state index in [9.17, 15) is 0 Å². The second-order valence-electron chi connectivity index (χ2n) is 5.61. The molecule has 0 rings (SSSR count). The lowest BCUT2D eigenvalue weighted by Crippen LogP contribution is -2.06. The van der Waals surface area contributed by atoms with Crippen molar-refractivity contribution in [3.05, 3.63) is 0 Å². The van der Waals surface area contributed by atoms with E-state index in [1.54, 1.807) is 0 Å². The molecule has 2 unspecified atom stereocenters. The summed E-state index contributed by atoms with van der Waals surface area (Å²) >= 11 is 5.96. The van der Waals surface area contributed by atoms with Gasteiger partial charge in [0, 0.05) is 18.6 Å². The Bertz CT molecular complexity index is 174. The van der Waals surface area contributed by atoms with Crippen molar-refractivity contribution in [3.8, 4) is 0 Å². The number of halogens is 1. The van der Waals surface area contributed by atoms with Crippen LogP contribution < -0.4 is 0 Å². The lowest BCUT2D eigenvalue weighted by molar-refractivity contribution is -0.0560. The van der Waals surface area contributed by atoms with E-state index in [0.717, 1.165) is 32.5 Å². The molecule has 0 aliphatic rings. The van der Waals surface area contributed by atoms with Crippen molar-refractivity contribution in [2.75, 3.05) is 20.0 Å². The van der Waals surface area contributed by atoms with Crippen LogP contribution in [0.25, 0.3) is 0 Å². The van der Waals surface area contributed by atoms with Crippen molar-refractivity contribution in [2.24, 2.45) is 5.92 Å². The molecule has 0 aromatic rings. The molecule has 116 valence electrons. The van der Waals surface area contributed by atoms with Gasteiger partial charge in [0.05, 0.1) is 0 Å². The second-order valence-corrected chi connectivity index (χ2v) is 6.36. The van der Waals surface area contributed by atoms with Crippen LogP contribution in [-0.2, 0) is 9.47 Å². The highest BCUT2D eigenvalue weighted by Gasteiger charge is 2.05. The Kier molecular flexibility index (Phi) is 14.8. The van der Waals surface area contributed by atoms with Gasteiger partial charge in [0.15, 0.2) is 0 Å². The number of hydrogen-bond donors (Lipinski definition) is 0. The molecule has 3 heteroatoms. The predicted octanol–water partition coefficient (Wildman–Crippen LogP) is 5.38. The average molecular weight is 293 g/mol. The number of unbranched alkanes of at least 4 members (excludes halogenated alkanes) is 4. The summed E-state index contributed by atoms with van der Waals surface area (Å²) in [7, 11) is 0. The van der Waals surface area contributed by atoms with E-state index in [1.165, 1.54) is 32.1 Å². The van der Waals surface area contributed by atoms with E-state index in [0.29, 0.717) is 12.7 Å². The molecule has 0 amide bonds. The Balaban J connectivity index is 3.06. The highest BCUT2D eigenvalue weighted by atomic mass is 35.5. The molecule has 0 spiro atoms. The SMILES string of the molecule is CCCCCCCOCOCCCC(C)CC(C)Cl. The molecule has 19 heavy (non-hydrogen) atoms.